The molecule has 2 unspecified atom stereocenters. The zero-order chi connectivity index (χ0) is 10.8. The Morgan fingerprint density at radius 3 is 2.64 bits per heavy atom. The minimum absolute atomic E-state index is 0.120. The molecule has 1 saturated heterocycles. The van der Waals surface area contributed by atoms with Crippen LogP contribution in [0.5, 0.6) is 0 Å². The van der Waals surface area contributed by atoms with Crippen LogP contribution in [-0.4, -0.2) is 48.5 Å². The van der Waals surface area contributed by atoms with Crippen LogP contribution < -0.4 is 0 Å². The molecule has 84 valence electrons. The van der Waals surface area contributed by atoms with Crippen LogP contribution in [0.1, 0.15) is 6.92 Å². The second-order valence-electron chi connectivity index (χ2n) is 3.21. The van der Waals surface area contributed by atoms with Gasteiger partial charge in [0.25, 0.3) is 0 Å². The summed E-state index contributed by atoms with van der Waals surface area (Å²) in [4.78, 5) is 1.45. The van der Waals surface area contributed by atoms with Crippen LogP contribution in [-0.2, 0) is 4.74 Å². The molecule has 1 aliphatic rings. The normalized spacial score (nSPS) is 27.6. The van der Waals surface area contributed by atoms with E-state index in [9.17, 15) is 13.2 Å². The third-order valence-corrected chi connectivity index (χ3v) is 3.31. The quantitative estimate of drug-likeness (QED) is 0.718. The fourth-order valence-electron chi connectivity index (χ4n) is 1.47. The van der Waals surface area contributed by atoms with Crippen molar-refractivity contribution in [2.75, 3.05) is 26.0 Å². The summed E-state index contributed by atoms with van der Waals surface area (Å²) in [6.45, 7) is 2.28. The number of morpholine rings is 1. The van der Waals surface area contributed by atoms with Gasteiger partial charge in [-0.05, 0) is 13.2 Å². The van der Waals surface area contributed by atoms with E-state index in [1.54, 1.807) is 6.92 Å². The first-order valence-corrected chi connectivity index (χ1v) is 5.68. The van der Waals surface area contributed by atoms with Crippen molar-refractivity contribution in [1.82, 2.24) is 4.90 Å². The second kappa shape index (κ2) is 4.72. The van der Waals surface area contributed by atoms with Gasteiger partial charge in [0, 0.05) is 6.54 Å². The SMILES string of the molecule is CSC(C)N1CCOCC1C(F)(F)F. The van der Waals surface area contributed by atoms with Crippen molar-refractivity contribution in [1.29, 1.82) is 0 Å². The van der Waals surface area contributed by atoms with Crippen molar-refractivity contribution >= 4 is 11.8 Å². The van der Waals surface area contributed by atoms with Gasteiger partial charge in [-0.15, -0.1) is 11.8 Å². The van der Waals surface area contributed by atoms with Gasteiger partial charge in [0.15, 0.2) is 0 Å². The summed E-state index contributed by atoms with van der Waals surface area (Å²) in [5.74, 6) is 0. The van der Waals surface area contributed by atoms with Crippen molar-refractivity contribution in [3.8, 4) is 0 Å². The molecule has 1 fully saturated rings. The summed E-state index contributed by atoms with van der Waals surface area (Å²) in [5, 5.41) is -0.120. The number of hydrogen-bond acceptors (Lipinski definition) is 3. The second-order valence-corrected chi connectivity index (χ2v) is 4.36. The number of halogens is 3. The monoisotopic (exact) mass is 229 g/mol. The number of thioether (sulfide) groups is 1. The van der Waals surface area contributed by atoms with Crippen molar-refractivity contribution < 1.29 is 17.9 Å². The molecule has 0 N–H and O–H groups in total. The van der Waals surface area contributed by atoms with Crippen molar-refractivity contribution in [2.24, 2.45) is 0 Å². The molecule has 0 amide bonds. The summed E-state index contributed by atoms with van der Waals surface area (Å²) in [5.41, 5.74) is 0. The number of alkyl halides is 3. The lowest BCUT2D eigenvalue weighted by molar-refractivity contribution is -0.212. The van der Waals surface area contributed by atoms with E-state index in [0.29, 0.717) is 13.2 Å². The van der Waals surface area contributed by atoms with Gasteiger partial charge in [-0.25, -0.2) is 0 Å². The fourth-order valence-corrected chi connectivity index (χ4v) is 1.99. The van der Waals surface area contributed by atoms with Gasteiger partial charge >= 0.3 is 6.18 Å². The van der Waals surface area contributed by atoms with E-state index in [1.807, 2.05) is 6.26 Å². The first-order valence-electron chi connectivity index (χ1n) is 4.40. The lowest BCUT2D eigenvalue weighted by Gasteiger charge is -2.39. The van der Waals surface area contributed by atoms with Crippen LogP contribution >= 0.6 is 11.8 Å². The highest BCUT2D eigenvalue weighted by Crippen LogP contribution is 2.30. The van der Waals surface area contributed by atoms with Gasteiger partial charge in [-0.3, -0.25) is 4.90 Å². The van der Waals surface area contributed by atoms with Gasteiger partial charge in [0.2, 0.25) is 0 Å². The molecule has 0 aromatic carbocycles. The lowest BCUT2D eigenvalue weighted by atomic mass is 10.2. The topological polar surface area (TPSA) is 12.5 Å². The standard InChI is InChI=1S/C8H14F3NOS/c1-6(14-2)12-3-4-13-5-7(12)8(9,10)11/h6-7H,3-5H2,1-2H3. The van der Waals surface area contributed by atoms with Crippen LogP contribution in [0.25, 0.3) is 0 Å². The zero-order valence-corrected chi connectivity index (χ0v) is 8.99. The van der Waals surface area contributed by atoms with Gasteiger partial charge in [0.1, 0.15) is 6.04 Å². The Kier molecular flexibility index (Phi) is 4.09. The Hall–Kier alpha value is 0.0600. The highest BCUT2D eigenvalue weighted by Gasteiger charge is 2.46. The van der Waals surface area contributed by atoms with Gasteiger partial charge in [0.05, 0.1) is 18.6 Å². The average Bonchev–Trinajstić information content (AvgIpc) is 2.15. The molecule has 0 aromatic heterocycles. The molecule has 0 aromatic rings. The van der Waals surface area contributed by atoms with E-state index >= 15 is 0 Å². The molecular formula is C8H14F3NOS. The maximum absolute atomic E-state index is 12.6. The molecule has 14 heavy (non-hydrogen) atoms. The van der Waals surface area contributed by atoms with E-state index < -0.39 is 12.2 Å². The van der Waals surface area contributed by atoms with E-state index in [4.69, 9.17) is 4.74 Å². The molecule has 1 aliphatic heterocycles. The lowest BCUT2D eigenvalue weighted by Crippen LogP contribution is -2.55. The molecule has 0 bridgehead atoms. The molecule has 0 radical (unpaired) electrons. The number of rotatable bonds is 2. The molecule has 1 rings (SSSR count). The highest BCUT2D eigenvalue weighted by atomic mass is 32.2. The average molecular weight is 229 g/mol. The highest BCUT2D eigenvalue weighted by molar-refractivity contribution is 7.99. The zero-order valence-electron chi connectivity index (χ0n) is 8.17. The molecule has 2 atom stereocenters. The number of hydrogen-bond donors (Lipinski definition) is 0. The summed E-state index contributed by atoms with van der Waals surface area (Å²) in [6.07, 6.45) is -2.38. The summed E-state index contributed by atoms with van der Waals surface area (Å²) >= 11 is 1.42. The first kappa shape index (κ1) is 12.1. The van der Waals surface area contributed by atoms with E-state index in [2.05, 4.69) is 0 Å². The third kappa shape index (κ3) is 2.77. The molecule has 0 aliphatic carbocycles. The first-order chi connectivity index (χ1) is 6.46. The fraction of sp³-hybridized carbons (Fsp3) is 1.00. The molecule has 0 saturated carbocycles. The summed E-state index contributed by atoms with van der Waals surface area (Å²) < 4.78 is 42.5. The molecule has 6 heteroatoms. The molecule has 0 spiro atoms. The molecule has 2 nitrogen and oxygen atoms in total. The van der Waals surface area contributed by atoms with Crippen molar-refractivity contribution in [2.45, 2.75) is 24.5 Å². The Morgan fingerprint density at radius 2 is 2.14 bits per heavy atom. The Balaban J connectivity index is 2.69. The molecule has 1 heterocycles. The van der Waals surface area contributed by atoms with Crippen LogP contribution in [0.3, 0.4) is 0 Å². The van der Waals surface area contributed by atoms with Gasteiger partial charge < -0.3 is 4.74 Å². The maximum atomic E-state index is 12.6. The van der Waals surface area contributed by atoms with Crippen molar-refractivity contribution in [3.05, 3.63) is 0 Å². The van der Waals surface area contributed by atoms with Gasteiger partial charge in [-0.2, -0.15) is 13.2 Å². The number of ether oxygens (including phenoxy) is 1. The minimum Gasteiger partial charge on any atom is -0.378 e. The van der Waals surface area contributed by atoms with Crippen LogP contribution in [0.4, 0.5) is 13.2 Å². The predicted molar refractivity (Wildman–Crippen MR) is 50.3 cm³/mol. The van der Waals surface area contributed by atoms with E-state index in [0.717, 1.165) is 0 Å². The van der Waals surface area contributed by atoms with Crippen molar-refractivity contribution in [3.63, 3.8) is 0 Å². The summed E-state index contributed by atoms with van der Waals surface area (Å²) in [7, 11) is 0. The van der Waals surface area contributed by atoms with E-state index in [1.165, 1.54) is 16.7 Å². The smallest absolute Gasteiger partial charge is 0.378 e. The van der Waals surface area contributed by atoms with Crippen LogP contribution in [0.15, 0.2) is 0 Å². The largest absolute Gasteiger partial charge is 0.406 e. The number of nitrogens with zero attached hydrogens (tertiary/aromatic N) is 1. The van der Waals surface area contributed by atoms with Crippen LogP contribution in [0.2, 0.25) is 0 Å². The van der Waals surface area contributed by atoms with Gasteiger partial charge in [-0.1, -0.05) is 0 Å². The Labute approximate surface area is 85.8 Å². The minimum atomic E-state index is -4.19. The molecular weight excluding hydrogens is 215 g/mol. The maximum Gasteiger partial charge on any atom is 0.406 e. The third-order valence-electron chi connectivity index (χ3n) is 2.36. The predicted octanol–water partition coefficient (Wildman–Crippen LogP) is 1.96. The Bertz CT molecular complexity index is 188. The Morgan fingerprint density at radius 1 is 1.50 bits per heavy atom. The summed E-state index contributed by atoms with van der Waals surface area (Å²) in [6, 6.07) is -1.45. The van der Waals surface area contributed by atoms with E-state index in [-0.39, 0.29) is 12.0 Å². The van der Waals surface area contributed by atoms with Crippen LogP contribution in [0, 0.1) is 0 Å².